The maximum absolute atomic E-state index is 13.2. The second-order valence-corrected chi connectivity index (χ2v) is 5.65. The number of rotatable bonds is 3. The molecule has 1 N–H and O–H groups in total. The van der Waals surface area contributed by atoms with Crippen LogP contribution in [0.25, 0.3) is 0 Å². The van der Waals surface area contributed by atoms with Gasteiger partial charge in [-0.3, -0.25) is 4.79 Å². The first-order chi connectivity index (χ1) is 11.5. The van der Waals surface area contributed by atoms with Gasteiger partial charge < -0.3 is 15.1 Å². The summed E-state index contributed by atoms with van der Waals surface area (Å²) < 4.78 is 26.0. The molecule has 1 aliphatic heterocycles. The Hall–Kier alpha value is -2.61. The first kappa shape index (κ1) is 16.3. The van der Waals surface area contributed by atoms with Gasteiger partial charge >= 0.3 is 0 Å². The number of carbonyl (C=O) groups is 1. The molecule has 0 unspecified atom stereocenters. The van der Waals surface area contributed by atoms with Crippen LogP contribution < -0.4 is 10.2 Å². The summed E-state index contributed by atoms with van der Waals surface area (Å²) >= 11 is 0. The minimum Gasteiger partial charge on any atom is -0.353 e. The lowest BCUT2D eigenvalue weighted by Crippen LogP contribution is -2.44. The van der Waals surface area contributed by atoms with Gasteiger partial charge in [0.2, 0.25) is 0 Å². The molecule has 1 aliphatic rings. The lowest BCUT2D eigenvalue weighted by atomic mass is 10.2. The molecule has 0 bridgehead atoms. The number of amides is 1. The molecule has 8 heteroatoms. The first-order valence-electron chi connectivity index (χ1n) is 7.56. The van der Waals surface area contributed by atoms with Crippen LogP contribution >= 0.6 is 0 Å². The molecule has 0 atom stereocenters. The van der Waals surface area contributed by atoms with Gasteiger partial charge in [0.1, 0.15) is 0 Å². The van der Waals surface area contributed by atoms with Gasteiger partial charge in [0.15, 0.2) is 23.1 Å². The number of hydrogen-bond donors (Lipinski definition) is 1. The van der Waals surface area contributed by atoms with Crippen LogP contribution in [0.5, 0.6) is 0 Å². The quantitative estimate of drug-likeness (QED) is 0.927. The zero-order valence-corrected chi connectivity index (χ0v) is 13.2. The highest BCUT2D eigenvalue weighted by atomic mass is 19.2. The third kappa shape index (κ3) is 3.65. The summed E-state index contributed by atoms with van der Waals surface area (Å²) in [5.41, 5.74) is 0.265. The molecule has 1 fully saturated rings. The average molecular weight is 333 g/mol. The van der Waals surface area contributed by atoms with Gasteiger partial charge in [-0.05, 0) is 31.3 Å². The molecular formula is C16H17F2N5O. The molecule has 0 saturated carbocycles. The topological polar surface area (TPSA) is 61.4 Å². The molecule has 0 aliphatic carbocycles. The number of piperazine rings is 1. The van der Waals surface area contributed by atoms with Gasteiger partial charge in [-0.15, -0.1) is 10.2 Å². The molecule has 0 radical (unpaired) electrons. The zero-order valence-electron chi connectivity index (χ0n) is 13.2. The van der Waals surface area contributed by atoms with Crippen LogP contribution in [0.4, 0.5) is 20.3 Å². The molecule has 24 heavy (non-hydrogen) atoms. The lowest BCUT2D eigenvalue weighted by molar-refractivity contribution is 0.102. The fourth-order valence-electron chi connectivity index (χ4n) is 2.42. The third-order valence-corrected chi connectivity index (χ3v) is 3.89. The predicted molar refractivity (Wildman–Crippen MR) is 86.1 cm³/mol. The average Bonchev–Trinajstić information content (AvgIpc) is 2.59. The van der Waals surface area contributed by atoms with Crippen molar-refractivity contribution in [2.45, 2.75) is 0 Å². The van der Waals surface area contributed by atoms with Crippen molar-refractivity contribution in [2.24, 2.45) is 0 Å². The largest absolute Gasteiger partial charge is 0.353 e. The maximum Gasteiger partial charge on any atom is 0.276 e. The van der Waals surface area contributed by atoms with Gasteiger partial charge in [0, 0.05) is 37.9 Å². The Morgan fingerprint density at radius 1 is 1.04 bits per heavy atom. The molecule has 126 valence electrons. The number of aromatic nitrogens is 2. The normalized spacial score (nSPS) is 15.4. The van der Waals surface area contributed by atoms with Crippen LogP contribution in [-0.2, 0) is 0 Å². The maximum atomic E-state index is 13.2. The van der Waals surface area contributed by atoms with Crippen molar-refractivity contribution in [3.8, 4) is 0 Å². The molecule has 3 rings (SSSR count). The van der Waals surface area contributed by atoms with Crippen molar-refractivity contribution in [1.29, 1.82) is 0 Å². The number of likely N-dealkylation sites (N-methyl/N-ethyl adjacent to an activating group) is 1. The number of benzene rings is 1. The van der Waals surface area contributed by atoms with Crippen molar-refractivity contribution in [2.75, 3.05) is 43.4 Å². The van der Waals surface area contributed by atoms with Gasteiger partial charge in [0.05, 0.1) is 0 Å². The van der Waals surface area contributed by atoms with Crippen molar-refractivity contribution in [3.05, 3.63) is 47.7 Å². The molecule has 2 aromatic rings. The summed E-state index contributed by atoms with van der Waals surface area (Å²) in [7, 11) is 2.06. The van der Waals surface area contributed by atoms with Crippen molar-refractivity contribution in [3.63, 3.8) is 0 Å². The number of anilines is 2. The van der Waals surface area contributed by atoms with E-state index in [1.54, 1.807) is 12.1 Å². The van der Waals surface area contributed by atoms with Crippen LogP contribution in [0.1, 0.15) is 10.5 Å². The Labute approximate surface area is 138 Å². The van der Waals surface area contributed by atoms with Crippen molar-refractivity contribution in [1.82, 2.24) is 15.1 Å². The van der Waals surface area contributed by atoms with E-state index in [0.717, 1.165) is 38.3 Å². The molecule has 1 aromatic heterocycles. The molecule has 1 amide bonds. The van der Waals surface area contributed by atoms with Gasteiger partial charge in [-0.2, -0.15) is 0 Å². The van der Waals surface area contributed by atoms with Crippen LogP contribution in [-0.4, -0.2) is 54.2 Å². The smallest absolute Gasteiger partial charge is 0.276 e. The van der Waals surface area contributed by atoms with E-state index in [-0.39, 0.29) is 11.4 Å². The molecule has 1 saturated heterocycles. The minimum atomic E-state index is -1.02. The highest BCUT2D eigenvalue weighted by molar-refractivity contribution is 6.02. The summed E-state index contributed by atoms with van der Waals surface area (Å²) in [6.07, 6.45) is 0. The third-order valence-electron chi connectivity index (χ3n) is 3.89. The van der Waals surface area contributed by atoms with Crippen molar-refractivity contribution >= 4 is 17.4 Å². The van der Waals surface area contributed by atoms with Crippen LogP contribution in [0, 0.1) is 11.6 Å². The summed E-state index contributed by atoms with van der Waals surface area (Å²) in [6, 6.07) is 6.45. The Kier molecular flexibility index (Phi) is 4.66. The van der Waals surface area contributed by atoms with Crippen LogP contribution in [0.2, 0.25) is 0 Å². The lowest BCUT2D eigenvalue weighted by Gasteiger charge is -2.32. The van der Waals surface area contributed by atoms with E-state index in [1.807, 2.05) is 0 Å². The van der Waals surface area contributed by atoms with Gasteiger partial charge in [-0.1, -0.05) is 0 Å². The fourth-order valence-corrected chi connectivity index (χ4v) is 2.42. The summed E-state index contributed by atoms with van der Waals surface area (Å²) in [6.45, 7) is 3.59. The van der Waals surface area contributed by atoms with E-state index < -0.39 is 17.5 Å². The van der Waals surface area contributed by atoms with E-state index in [0.29, 0.717) is 5.82 Å². The standard InChI is InChI=1S/C16H17F2N5O/c1-22-6-8-23(9-7-22)15-5-4-14(20-21-15)16(24)19-11-2-3-12(17)13(18)10-11/h2-5,10H,6-9H2,1H3,(H,19,24). The van der Waals surface area contributed by atoms with Crippen LogP contribution in [0.15, 0.2) is 30.3 Å². The molecular weight excluding hydrogens is 316 g/mol. The number of hydrogen-bond acceptors (Lipinski definition) is 5. The number of halogens is 2. The van der Waals surface area contributed by atoms with Gasteiger partial charge in [-0.25, -0.2) is 8.78 Å². The van der Waals surface area contributed by atoms with Crippen LogP contribution in [0.3, 0.4) is 0 Å². The molecule has 1 aromatic carbocycles. The Bertz CT molecular complexity index is 730. The SMILES string of the molecule is CN1CCN(c2ccc(C(=O)Nc3ccc(F)c(F)c3)nn2)CC1. The summed E-state index contributed by atoms with van der Waals surface area (Å²) in [5, 5.41) is 10.5. The fraction of sp³-hybridized carbons (Fsp3) is 0.312. The van der Waals surface area contributed by atoms with Crippen molar-refractivity contribution < 1.29 is 13.6 Å². The minimum absolute atomic E-state index is 0.109. The van der Waals surface area contributed by atoms with E-state index in [4.69, 9.17) is 0 Å². The second kappa shape index (κ2) is 6.88. The summed E-state index contributed by atoms with van der Waals surface area (Å²) in [5.74, 6) is -1.81. The van der Waals surface area contributed by atoms with E-state index >= 15 is 0 Å². The highest BCUT2D eigenvalue weighted by Crippen LogP contribution is 2.15. The molecule has 0 spiro atoms. The van der Waals surface area contributed by atoms with E-state index in [2.05, 4.69) is 32.4 Å². The number of nitrogens with one attached hydrogen (secondary N) is 1. The Balaban J connectivity index is 1.66. The number of nitrogens with zero attached hydrogens (tertiary/aromatic N) is 4. The first-order valence-corrected chi connectivity index (χ1v) is 7.56. The molecule has 2 heterocycles. The highest BCUT2D eigenvalue weighted by Gasteiger charge is 2.17. The Morgan fingerprint density at radius 3 is 2.42 bits per heavy atom. The van der Waals surface area contributed by atoms with E-state index in [9.17, 15) is 13.6 Å². The summed E-state index contributed by atoms with van der Waals surface area (Å²) in [4.78, 5) is 16.4. The second-order valence-electron chi connectivity index (χ2n) is 5.65. The monoisotopic (exact) mass is 333 g/mol. The van der Waals surface area contributed by atoms with Gasteiger partial charge in [0.25, 0.3) is 5.91 Å². The Morgan fingerprint density at radius 2 is 1.79 bits per heavy atom. The molecule has 6 nitrogen and oxygen atoms in total. The zero-order chi connectivity index (χ0) is 17.1. The number of carbonyl (C=O) groups excluding carboxylic acids is 1. The van der Waals surface area contributed by atoms with E-state index in [1.165, 1.54) is 6.07 Å². The predicted octanol–water partition coefficient (Wildman–Crippen LogP) is 1.76.